The molecule has 0 aliphatic carbocycles. The van der Waals surface area contributed by atoms with E-state index < -0.39 is 22.0 Å². The number of benzene rings is 1. The van der Waals surface area contributed by atoms with Crippen LogP contribution in [-0.4, -0.2) is 10.0 Å². The van der Waals surface area contributed by atoms with Crippen molar-refractivity contribution in [3.8, 4) is 0 Å². The zero-order valence-corrected chi connectivity index (χ0v) is 7.82. The van der Waals surface area contributed by atoms with Crippen molar-refractivity contribution in [3.63, 3.8) is 0 Å². The average molecular weight is 199 g/mol. The molecule has 0 aliphatic rings. The van der Waals surface area contributed by atoms with Gasteiger partial charge in [0.05, 0.1) is 10.5 Å². The summed E-state index contributed by atoms with van der Waals surface area (Å²) in [5.41, 5.74) is -2.12. The van der Waals surface area contributed by atoms with Gasteiger partial charge in [-0.15, -0.1) is 0 Å². The van der Waals surface area contributed by atoms with Crippen molar-refractivity contribution in [2.24, 2.45) is 0 Å². The van der Waals surface area contributed by atoms with E-state index in [1.807, 2.05) is 0 Å². The topological polar surface area (TPSA) is 63.4 Å². The van der Waals surface area contributed by atoms with E-state index in [2.05, 4.69) is 0 Å². The minimum Gasteiger partial charge on any atom is -0.386 e. The van der Waals surface area contributed by atoms with Crippen LogP contribution in [0.2, 0.25) is 0 Å². The summed E-state index contributed by atoms with van der Waals surface area (Å²) in [6, 6.07) is 3.72. The number of hydrogen-bond acceptors (Lipinski definition) is 3. The lowest BCUT2D eigenvalue weighted by Crippen LogP contribution is -2.18. The number of nitro groups is 1. The zero-order valence-electron chi connectivity index (χ0n) is 7.82. The highest BCUT2D eigenvalue weighted by Gasteiger charge is 2.26. The SMILES string of the molecule is CC(C)(O)c1cccc([N+](=O)[O-])c1F. The molecule has 0 unspecified atom stereocenters. The van der Waals surface area contributed by atoms with Crippen LogP contribution in [0.3, 0.4) is 0 Å². The molecule has 0 heterocycles. The number of rotatable bonds is 2. The van der Waals surface area contributed by atoms with Gasteiger partial charge >= 0.3 is 5.69 Å². The molecule has 0 amide bonds. The van der Waals surface area contributed by atoms with Gasteiger partial charge in [0, 0.05) is 11.6 Å². The first-order valence-electron chi connectivity index (χ1n) is 4.00. The molecule has 0 aliphatic heterocycles. The first-order valence-corrected chi connectivity index (χ1v) is 4.00. The first kappa shape index (κ1) is 10.6. The molecule has 0 fully saturated rings. The Labute approximate surface area is 80.1 Å². The van der Waals surface area contributed by atoms with E-state index in [1.54, 1.807) is 0 Å². The van der Waals surface area contributed by atoms with Gasteiger partial charge in [-0.3, -0.25) is 10.1 Å². The summed E-state index contributed by atoms with van der Waals surface area (Å²) in [4.78, 5) is 9.57. The summed E-state index contributed by atoms with van der Waals surface area (Å²) in [5, 5.41) is 19.9. The molecule has 0 atom stereocenters. The molecule has 1 rings (SSSR count). The molecule has 14 heavy (non-hydrogen) atoms. The molecule has 0 bridgehead atoms. The third kappa shape index (κ3) is 1.88. The molecule has 0 radical (unpaired) electrons. The molecule has 0 aromatic heterocycles. The maximum absolute atomic E-state index is 13.4. The molecule has 1 N–H and O–H groups in total. The van der Waals surface area contributed by atoms with Gasteiger partial charge in [0.1, 0.15) is 0 Å². The lowest BCUT2D eigenvalue weighted by Gasteiger charge is -2.17. The Morgan fingerprint density at radius 3 is 2.50 bits per heavy atom. The molecule has 0 spiro atoms. The summed E-state index contributed by atoms with van der Waals surface area (Å²) in [6.07, 6.45) is 0. The van der Waals surface area contributed by atoms with Gasteiger partial charge in [0.15, 0.2) is 0 Å². The summed E-state index contributed by atoms with van der Waals surface area (Å²) in [6.45, 7) is 2.74. The monoisotopic (exact) mass is 199 g/mol. The van der Waals surface area contributed by atoms with E-state index in [9.17, 15) is 19.6 Å². The van der Waals surface area contributed by atoms with Crippen LogP contribution in [0, 0.1) is 15.9 Å². The number of aliphatic hydroxyl groups is 1. The van der Waals surface area contributed by atoms with E-state index >= 15 is 0 Å². The van der Waals surface area contributed by atoms with Crippen molar-refractivity contribution in [3.05, 3.63) is 39.7 Å². The van der Waals surface area contributed by atoms with E-state index in [4.69, 9.17) is 0 Å². The van der Waals surface area contributed by atoms with Gasteiger partial charge < -0.3 is 5.11 Å². The molecule has 1 aromatic rings. The third-order valence-corrected chi connectivity index (χ3v) is 1.83. The van der Waals surface area contributed by atoms with Gasteiger partial charge in [-0.25, -0.2) is 0 Å². The fraction of sp³-hybridized carbons (Fsp3) is 0.333. The van der Waals surface area contributed by atoms with Crippen molar-refractivity contribution in [2.75, 3.05) is 0 Å². The molecule has 0 saturated heterocycles. The van der Waals surface area contributed by atoms with Gasteiger partial charge in [-0.05, 0) is 13.8 Å². The normalized spacial score (nSPS) is 11.4. The largest absolute Gasteiger partial charge is 0.386 e. The third-order valence-electron chi connectivity index (χ3n) is 1.83. The Kier molecular flexibility index (Phi) is 2.53. The van der Waals surface area contributed by atoms with Crippen LogP contribution in [0.1, 0.15) is 19.4 Å². The smallest absolute Gasteiger partial charge is 0.305 e. The van der Waals surface area contributed by atoms with Crippen LogP contribution >= 0.6 is 0 Å². The zero-order chi connectivity index (χ0) is 10.9. The van der Waals surface area contributed by atoms with Crippen molar-refractivity contribution in [2.45, 2.75) is 19.4 Å². The summed E-state index contributed by atoms with van der Waals surface area (Å²) >= 11 is 0. The standard InChI is InChI=1S/C9H10FNO3/c1-9(2,12)6-4-3-5-7(8(6)10)11(13)14/h3-5,12H,1-2H3. The first-order chi connectivity index (χ1) is 6.34. The Morgan fingerprint density at radius 1 is 1.50 bits per heavy atom. The number of nitrogens with zero attached hydrogens (tertiary/aromatic N) is 1. The molecular formula is C9H10FNO3. The maximum Gasteiger partial charge on any atom is 0.305 e. The minimum absolute atomic E-state index is 0.0771. The summed E-state index contributed by atoms with van der Waals surface area (Å²) < 4.78 is 13.4. The van der Waals surface area contributed by atoms with E-state index in [0.29, 0.717) is 0 Å². The number of nitro benzene ring substituents is 1. The molecular weight excluding hydrogens is 189 g/mol. The second-order valence-corrected chi connectivity index (χ2v) is 3.45. The Balaban J connectivity index is 3.35. The lowest BCUT2D eigenvalue weighted by molar-refractivity contribution is -0.387. The minimum atomic E-state index is -1.42. The van der Waals surface area contributed by atoms with Gasteiger partial charge in [-0.2, -0.15) is 4.39 Å². The van der Waals surface area contributed by atoms with Crippen molar-refractivity contribution < 1.29 is 14.4 Å². The van der Waals surface area contributed by atoms with Gasteiger partial charge in [0.2, 0.25) is 5.82 Å². The predicted octanol–water partition coefficient (Wildman–Crippen LogP) is 1.96. The van der Waals surface area contributed by atoms with Crippen molar-refractivity contribution >= 4 is 5.69 Å². The molecule has 4 nitrogen and oxygen atoms in total. The second kappa shape index (κ2) is 3.34. The van der Waals surface area contributed by atoms with Crippen molar-refractivity contribution in [1.82, 2.24) is 0 Å². The van der Waals surface area contributed by atoms with Gasteiger partial charge in [0.25, 0.3) is 0 Å². The quantitative estimate of drug-likeness (QED) is 0.585. The summed E-state index contributed by atoms with van der Waals surface area (Å²) in [7, 11) is 0. The average Bonchev–Trinajstić information content (AvgIpc) is 2.01. The van der Waals surface area contributed by atoms with E-state index in [1.165, 1.54) is 26.0 Å². The van der Waals surface area contributed by atoms with Crippen LogP contribution < -0.4 is 0 Å². The number of halogens is 1. The van der Waals surface area contributed by atoms with Crippen LogP contribution in [0.5, 0.6) is 0 Å². The van der Waals surface area contributed by atoms with Crippen LogP contribution in [0.15, 0.2) is 18.2 Å². The van der Waals surface area contributed by atoms with Crippen LogP contribution in [0.4, 0.5) is 10.1 Å². The summed E-state index contributed by atoms with van der Waals surface area (Å²) in [5.74, 6) is -0.981. The van der Waals surface area contributed by atoms with E-state index in [-0.39, 0.29) is 5.56 Å². The highest BCUT2D eigenvalue weighted by atomic mass is 19.1. The Bertz CT molecular complexity index is 371. The molecule has 1 aromatic carbocycles. The molecule has 0 saturated carbocycles. The van der Waals surface area contributed by atoms with Crippen LogP contribution in [0.25, 0.3) is 0 Å². The number of hydrogen-bond donors (Lipinski definition) is 1. The van der Waals surface area contributed by atoms with Crippen molar-refractivity contribution in [1.29, 1.82) is 0 Å². The Hall–Kier alpha value is -1.49. The maximum atomic E-state index is 13.4. The van der Waals surface area contributed by atoms with Crippen LogP contribution in [-0.2, 0) is 5.60 Å². The van der Waals surface area contributed by atoms with E-state index in [0.717, 1.165) is 6.07 Å². The predicted molar refractivity (Wildman–Crippen MR) is 48.3 cm³/mol. The highest BCUT2D eigenvalue weighted by molar-refractivity contribution is 5.38. The fourth-order valence-corrected chi connectivity index (χ4v) is 1.13. The second-order valence-electron chi connectivity index (χ2n) is 3.45. The lowest BCUT2D eigenvalue weighted by atomic mass is 9.97. The molecule has 76 valence electrons. The van der Waals surface area contributed by atoms with Gasteiger partial charge in [-0.1, -0.05) is 12.1 Å². The fourth-order valence-electron chi connectivity index (χ4n) is 1.13. The Morgan fingerprint density at radius 2 is 2.07 bits per heavy atom. The molecule has 5 heteroatoms. The highest BCUT2D eigenvalue weighted by Crippen LogP contribution is 2.28.